The summed E-state index contributed by atoms with van der Waals surface area (Å²) >= 11 is 0. The van der Waals surface area contributed by atoms with E-state index in [4.69, 9.17) is 0 Å². The van der Waals surface area contributed by atoms with Gasteiger partial charge >= 0.3 is 0 Å². The third kappa shape index (κ3) is 33.4. The van der Waals surface area contributed by atoms with E-state index in [0.29, 0.717) is 12.8 Å². The number of unbranched alkanes of at least 4 members (excludes halogenated alkanes) is 28. The van der Waals surface area contributed by atoms with Gasteiger partial charge in [-0.15, -0.1) is 0 Å². The van der Waals surface area contributed by atoms with Crippen LogP contribution in [0, 0.1) is 0 Å². The Hall–Kier alpha value is -0.910. The highest BCUT2D eigenvalue weighted by Gasteiger charge is 2.26. The van der Waals surface area contributed by atoms with Crippen LogP contribution in [0.4, 0.5) is 0 Å². The van der Waals surface area contributed by atoms with Crippen LogP contribution < -0.4 is 5.32 Å². The van der Waals surface area contributed by atoms with E-state index in [0.717, 1.165) is 44.9 Å². The lowest BCUT2D eigenvalue weighted by atomic mass is 9.99. The van der Waals surface area contributed by atoms with Gasteiger partial charge in [-0.1, -0.05) is 193 Å². The van der Waals surface area contributed by atoms with E-state index in [2.05, 4.69) is 31.3 Å². The summed E-state index contributed by atoms with van der Waals surface area (Å²) < 4.78 is 0. The van der Waals surface area contributed by atoms with E-state index >= 15 is 0 Å². The molecule has 0 aromatic carbocycles. The molecule has 3 unspecified atom stereocenters. The molecule has 0 aromatic rings. The first-order valence-electron chi connectivity index (χ1n) is 21.0. The normalized spacial score (nSPS) is 13.7. The maximum atomic E-state index is 12.4. The van der Waals surface area contributed by atoms with Crippen molar-refractivity contribution in [1.82, 2.24) is 5.32 Å². The monoisotopic (exact) mass is 666 g/mol. The second-order valence-corrected chi connectivity index (χ2v) is 14.5. The Labute approximate surface area is 293 Å². The molecule has 0 fully saturated rings. The van der Waals surface area contributed by atoms with Gasteiger partial charge < -0.3 is 20.6 Å². The highest BCUT2D eigenvalue weighted by molar-refractivity contribution is 5.76. The molecule has 4 N–H and O–H groups in total. The van der Waals surface area contributed by atoms with Crippen LogP contribution in [0.5, 0.6) is 0 Å². The molecule has 1 amide bonds. The van der Waals surface area contributed by atoms with Crippen molar-refractivity contribution in [3.63, 3.8) is 0 Å². The molecule has 0 aromatic heterocycles. The van der Waals surface area contributed by atoms with Crippen LogP contribution >= 0.6 is 0 Å². The summed E-state index contributed by atoms with van der Waals surface area (Å²) in [6.07, 6.45) is 43.1. The maximum absolute atomic E-state index is 12.4. The van der Waals surface area contributed by atoms with Crippen molar-refractivity contribution in [2.45, 2.75) is 244 Å². The van der Waals surface area contributed by atoms with Gasteiger partial charge in [0.1, 0.15) is 6.10 Å². The van der Waals surface area contributed by atoms with E-state index in [1.54, 1.807) is 0 Å². The highest BCUT2D eigenvalue weighted by Crippen LogP contribution is 2.16. The van der Waals surface area contributed by atoms with Crippen LogP contribution in [0.25, 0.3) is 0 Å². The number of hydrogen-bond donors (Lipinski definition) is 4. The lowest BCUT2D eigenvalue weighted by Gasteiger charge is -2.26. The summed E-state index contributed by atoms with van der Waals surface area (Å²) in [7, 11) is 0. The van der Waals surface area contributed by atoms with Crippen LogP contribution in [-0.4, -0.2) is 46.1 Å². The average Bonchev–Trinajstić information content (AvgIpc) is 3.07. The predicted molar refractivity (Wildman–Crippen MR) is 204 cm³/mol. The summed E-state index contributed by atoms with van der Waals surface area (Å²) in [6, 6.07) is -0.809. The summed E-state index contributed by atoms with van der Waals surface area (Å²) in [4.78, 5) is 12.4. The largest absolute Gasteiger partial charge is 0.394 e. The Kier molecular flexibility index (Phi) is 37.2. The lowest BCUT2D eigenvalue weighted by molar-refractivity contribution is -0.124. The second-order valence-electron chi connectivity index (χ2n) is 14.5. The number of rotatable bonds is 38. The fourth-order valence-corrected chi connectivity index (χ4v) is 6.57. The third-order valence-electron chi connectivity index (χ3n) is 9.87. The van der Waals surface area contributed by atoms with Crippen LogP contribution in [0.3, 0.4) is 0 Å². The molecule has 47 heavy (non-hydrogen) atoms. The van der Waals surface area contributed by atoms with E-state index in [1.165, 1.54) is 154 Å². The summed E-state index contributed by atoms with van der Waals surface area (Å²) in [5.41, 5.74) is 0. The van der Waals surface area contributed by atoms with Crippen molar-refractivity contribution in [2.75, 3.05) is 6.61 Å². The molecule has 0 rings (SSSR count). The van der Waals surface area contributed by atoms with Crippen molar-refractivity contribution in [1.29, 1.82) is 0 Å². The van der Waals surface area contributed by atoms with Gasteiger partial charge in [-0.3, -0.25) is 4.79 Å². The van der Waals surface area contributed by atoms with Crippen LogP contribution in [0.1, 0.15) is 226 Å². The molecule has 0 spiro atoms. The van der Waals surface area contributed by atoms with Gasteiger partial charge in [-0.2, -0.15) is 0 Å². The highest BCUT2D eigenvalue weighted by atomic mass is 16.3. The molecule has 0 heterocycles. The molecule has 0 bridgehead atoms. The first-order valence-corrected chi connectivity index (χ1v) is 21.0. The minimum atomic E-state index is -1.14. The molecular weight excluding hydrogens is 582 g/mol. The van der Waals surface area contributed by atoms with Crippen LogP contribution in [0.15, 0.2) is 12.2 Å². The topological polar surface area (TPSA) is 89.8 Å². The number of carbonyl (C=O) groups excluding carboxylic acids is 1. The van der Waals surface area contributed by atoms with E-state index in [-0.39, 0.29) is 12.5 Å². The van der Waals surface area contributed by atoms with Crippen molar-refractivity contribution in [2.24, 2.45) is 0 Å². The molecule has 0 radical (unpaired) electrons. The fraction of sp³-hybridized carbons (Fsp3) is 0.929. The van der Waals surface area contributed by atoms with E-state index < -0.39 is 18.2 Å². The Morgan fingerprint density at radius 3 is 1.23 bits per heavy atom. The van der Waals surface area contributed by atoms with Crippen molar-refractivity contribution < 1.29 is 20.1 Å². The summed E-state index contributed by atoms with van der Waals surface area (Å²) in [5, 5.41) is 33.5. The molecule has 5 nitrogen and oxygen atoms in total. The smallest absolute Gasteiger partial charge is 0.220 e. The summed E-state index contributed by atoms with van der Waals surface area (Å²) in [6.45, 7) is 4.18. The van der Waals surface area contributed by atoms with E-state index in [9.17, 15) is 20.1 Å². The zero-order chi connectivity index (χ0) is 34.5. The SMILES string of the molecule is CCCCCCCCC/C=C\CCCCCCCC(=O)NC(CO)C(O)C(O)CCCCCCCCCCCCCCCCCCC. The van der Waals surface area contributed by atoms with Crippen LogP contribution in [-0.2, 0) is 4.79 Å². The Morgan fingerprint density at radius 2 is 0.851 bits per heavy atom. The summed E-state index contributed by atoms with van der Waals surface area (Å²) in [5.74, 6) is -0.151. The van der Waals surface area contributed by atoms with Gasteiger partial charge in [0.2, 0.25) is 5.91 Å². The molecule has 3 atom stereocenters. The number of hydrogen-bond acceptors (Lipinski definition) is 4. The first-order chi connectivity index (χ1) is 23.1. The molecule has 5 heteroatoms. The first kappa shape index (κ1) is 46.1. The Bertz CT molecular complexity index is 655. The van der Waals surface area contributed by atoms with Gasteiger partial charge in [0.15, 0.2) is 0 Å². The maximum Gasteiger partial charge on any atom is 0.220 e. The van der Waals surface area contributed by atoms with Crippen molar-refractivity contribution in [3.8, 4) is 0 Å². The number of aliphatic hydroxyl groups excluding tert-OH is 3. The molecular formula is C42H83NO4. The zero-order valence-electron chi connectivity index (χ0n) is 31.7. The fourth-order valence-electron chi connectivity index (χ4n) is 6.57. The standard InChI is InChI=1S/C42H83NO4/c1-3-5-7-9-11-13-15-17-19-21-22-24-26-28-30-32-34-36-40(45)42(47)39(38-44)43-41(46)37-35-33-31-29-27-25-23-20-18-16-14-12-10-8-6-4-2/h20,23,39-40,42,44-45,47H,3-19,21-22,24-38H2,1-2H3,(H,43,46)/b23-20-. The number of aliphatic hydroxyl groups is 3. The van der Waals surface area contributed by atoms with Gasteiger partial charge in [0.05, 0.1) is 18.8 Å². The van der Waals surface area contributed by atoms with Crippen molar-refractivity contribution in [3.05, 3.63) is 12.2 Å². The average molecular weight is 666 g/mol. The second kappa shape index (κ2) is 37.9. The van der Waals surface area contributed by atoms with Gasteiger partial charge in [0, 0.05) is 6.42 Å². The number of nitrogens with one attached hydrogen (secondary N) is 1. The molecule has 0 aliphatic carbocycles. The third-order valence-corrected chi connectivity index (χ3v) is 9.87. The lowest BCUT2D eigenvalue weighted by Crippen LogP contribution is -2.50. The van der Waals surface area contributed by atoms with Crippen molar-refractivity contribution >= 4 is 5.91 Å². The number of carbonyl (C=O) groups is 1. The minimum Gasteiger partial charge on any atom is -0.394 e. The Balaban J connectivity index is 3.64. The Morgan fingerprint density at radius 1 is 0.511 bits per heavy atom. The molecule has 280 valence electrons. The van der Waals surface area contributed by atoms with Gasteiger partial charge in [-0.25, -0.2) is 0 Å². The number of allylic oxidation sites excluding steroid dienone is 2. The molecule has 0 saturated heterocycles. The van der Waals surface area contributed by atoms with Crippen LogP contribution in [0.2, 0.25) is 0 Å². The predicted octanol–water partition coefficient (Wildman–Crippen LogP) is 11.7. The van der Waals surface area contributed by atoms with E-state index in [1.807, 2.05) is 0 Å². The number of amides is 1. The van der Waals surface area contributed by atoms with Gasteiger partial charge in [-0.05, 0) is 38.5 Å². The molecule has 0 aliphatic heterocycles. The molecule has 0 saturated carbocycles. The molecule has 0 aliphatic rings. The van der Waals surface area contributed by atoms with Gasteiger partial charge in [0.25, 0.3) is 0 Å². The minimum absolute atomic E-state index is 0.151. The zero-order valence-corrected chi connectivity index (χ0v) is 31.7. The quantitative estimate of drug-likeness (QED) is 0.0390.